The number of amides is 1. The number of nitrogens with two attached hydrogens (primary N) is 1. The summed E-state index contributed by atoms with van der Waals surface area (Å²) in [6.45, 7) is 2.31. The van der Waals surface area contributed by atoms with Crippen LogP contribution < -0.4 is 16.0 Å². The minimum Gasteiger partial charge on any atom is -0.407 e. The average Bonchev–Trinajstić information content (AvgIpc) is 3.41. The van der Waals surface area contributed by atoms with Crippen molar-refractivity contribution < 1.29 is 14.3 Å². The summed E-state index contributed by atoms with van der Waals surface area (Å²) in [5.74, 6) is 0.527. The number of benzene rings is 2. The number of amidine groups is 1. The van der Waals surface area contributed by atoms with Gasteiger partial charge in [-0.05, 0) is 35.4 Å². The lowest BCUT2D eigenvalue weighted by Crippen LogP contribution is -2.37. The van der Waals surface area contributed by atoms with Gasteiger partial charge in [-0.1, -0.05) is 54.6 Å². The Morgan fingerprint density at radius 2 is 1.80 bits per heavy atom. The molecule has 0 saturated carbocycles. The standard InChI is InChI=1S/C30H28N8O3/c31-27(23-19-38(26-12-6-7-13-33-26)36-28(23)37-14-16-40-17-15-37)41-30(32)35-25-18-22(20-8-2-1-3-9-20)21-10-4-5-11-24(21)34-29(25)39/h1-13,18-19,25,31H,14-17H2,(H2,32,35)(H,34,39)/t25-/m0/s1. The van der Waals surface area contributed by atoms with E-state index in [1.807, 2.05) is 77.7 Å². The Hall–Kier alpha value is -5.29. The molecule has 11 heteroatoms. The molecule has 2 aromatic heterocycles. The molecular formula is C30H28N8O3. The molecule has 0 unspecified atom stereocenters. The maximum atomic E-state index is 13.2. The number of fused-ring (bicyclic) bond motifs is 1. The van der Waals surface area contributed by atoms with Crippen LogP contribution in [0, 0.1) is 5.41 Å². The Bertz CT molecular complexity index is 1630. The van der Waals surface area contributed by atoms with Crippen LogP contribution in [0.3, 0.4) is 0 Å². The highest BCUT2D eigenvalue weighted by molar-refractivity contribution is 6.06. The summed E-state index contributed by atoms with van der Waals surface area (Å²) in [4.78, 5) is 24.0. The predicted molar refractivity (Wildman–Crippen MR) is 156 cm³/mol. The highest BCUT2D eigenvalue weighted by Crippen LogP contribution is 2.33. The SMILES string of the molecule is N=C(OC(N)=N[C@H]1C=C(c2ccccc2)c2ccccc2NC1=O)c1cn(-c2ccccn2)nc1N1CCOCC1. The third kappa shape index (κ3) is 5.56. The first-order valence-electron chi connectivity index (χ1n) is 13.2. The first kappa shape index (κ1) is 26.0. The van der Waals surface area contributed by atoms with Gasteiger partial charge in [0, 0.05) is 36.7 Å². The van der Waals surface area contributed by atoms with Gasteiger partial charge in [-0.2, -0.15) is 0 Å². The molecule has 0 radical (unpaired) electrons. The molecule has 11 nitrogen and oxygen atoms in total. The number of rotatable bonds is 5. The summed E-state index contributed by atoms with van der Waals surface area (Å²) in [6, 6.07) is 21.5. The van der Waals surface area contributed by atoms with E-state index in [0.717, 1.165) is 16.7 Å². The molecule has 206 valence electrons. The number of nitrogens with zero attached hydrogens (tertiary/aromatic N) is 5. The number of nitrogens with one attached hydrogen (secondary N) is 2. The van der Waals surface area contributed by atoms with Crippen LogP contribution >= 0.6 is 0 Å². The van der Waals surface area contributed by atoms with Crippen LogP contribution in [0.4, 0.5) is 11.5 Å². The number of aliphatic imine (C=N–C) groups is 1. The first-order chi connectivity index (χ1) is 20.1. The molecule has 0 aliphatic carbocycles. The second-order valence-electron chi connectivity index (χ2n) is 9.42. The van der Waals surface area contributed by atoms with Crippen LogP contribution in [0.1, 0.15) is 16.7 Å². The van der Waals surface area contributed by atoms with E-state index in [9.17, 15) is 4.79 Å². The molecule has 1 amide bonds. The lowest BCUT2D eigenvalue weighted by molar-refractivity contribution is -0.116. The molecular weight excluding hydrogens is 520 g/mol. The molecule has 2 aliphatic heterocycles. The maximum absolute atomic E-state index is 13.2. The summed E-state index contributed by atoms with van der Waals surface area (Å²) in [7, 11) is 0. The van der Waals surface area contributed by atoms with E-state index in [1.165, 1.54) is 0 Å². The van der Waals surface area contributed by atoms with Crippen molar-refractivity contribution in [1.82, 2.24) is 14.8 Å². The Morgan fingerprint density at radius 1 is 1.05 bits per heavy atom. The number of ether oxygens (including phenoxy) is 2. The molecule has 4 N–H and O–H groups in total. The van der Waals surface area contributed by atoms with Gasteiger partial charge in [0.05, 0.1) is 18.8 Å². The predicted octanol–water partition coefficient (Wildman–Crippen LogP) is 3.21. The second-order valence-corrected chi connectivity index (χ2v) is 9.42. The number of morpholine rings is 1. The van der Waals surface area contributed by atoms with Gasteiger partial charge in [0.25, 0.3) is 11.9 Å². The van der Waals surface area contributed by atoms with Crippen LogP contribution in [0.2, 0.25) is 0 Å². The molecule has 6 rings (SSSR count). The number of hydrogen-bond donors (Lipinski definition) is 3. The number of pyridine rings is 1. The summed E-state index contributed by atoms with van der Waals surface area (Å²) < 4.78 is 12.8. The summed E-state index contributed by atoms with van der Waals surface area (Å²) in [5.41, 5.74) is 9.92. The molecule has 0 bridgehead atoms. The zero-order valence-electron chi connectivity index (χ0n) is 22.1. The highest BCUT2D eigenvalue weighted by Gasteiger charge is 2.26. The lowest BCUT2D eigenvalue weighted by Gasteiger charge is -2.27. The van der Waals surface area contributed by atoms with Crippen molar-refractivity contribution in [3.8, 4) is 5.82 Å². The van der Waals surface area contributed by atoms with Crippen molar-refractivity contribution in [2.75, 3.05) is 36.5 Å². The summed E-state index contributed by atoms with van der Waals surface area (Å²) in [5, 5.41) is 16.4. The minimum absolute atomic E-state index is 0.250. The zero-order chi connectivity index (χ0) is 28.2. The number of anilines is 2. The molecule has 4 heterocycles. The van der Waals surface area contributed by atoms with E-state index < -0.39 is 6.04 Å². The number of para-hydroxylation sites is 1. The Kier molecular flexibility index (Phi) is 7.25. The summed E-state index contributed by atoms with van der Waals surface area (Å²) in [6.07, 6.45) is 5.10. The van der Waals surface area contributed by atoms with Gasteiger partial charge < -0.3 is 25.4 Å². The third-order valence-electron chi connectivity index (χ3n) is 6.76. The quantitative estimate of drug-likeness (QED) is 0.257. The average molecular weight is 549 g/mol. The van der Waals surface area contributed by atoms with E-state index in [2.05, 4.69) is 20.4 Å². The number of hydrogen-bond acceptors (Lipinski definition) is 8. The zero-order valence-corrected chi connectivity index (χ0v) is 22.1. The van der Waals surface area contributed by atoms with E-state index in [0.29, 0.717) is 49.2 Å². The van der Waals surface area contributed by atoms with E-state index >= 15 is 0 Å². The monoisotopic (exact) mass is 548 g/mol. The van der Waals surface area contributed by atoms with Crippen molar-refractivity contribution in [1.29, 1.82) is 5.41 Å². The van der Waals surface area contributed by atoms with Gasteiger partial charge in [0.2, 0.25) is 5.90 Å². The fraction of sp³-hybridized carbons (Fsp3) is 0.167. The molecule has 41 heavy (non-hydrogen) atoms. The van der Waals surface area contributed by atoms with E-state index in [4.69, 9.17) is 20.6 Å². The van der Waals surface area contributed by atoms with Crippen LogP contribution in [0.5, 0.6) is 0 Å². The van der Waals surface area contributed by atoms with Gasteiger partial charge in [-0.3, -0.25) is 10.2 Å². The van der Waals surface area contributed by atoms with E-state index in [1.54, 1.807) is 23.2 Å². The molecule has 2 aromatic carbocycles. The van der Waals surface area contributed by atoms with Crippen LogP contribution in [0.25, 0.3) is 11.4 Å². The second kappa shape index (κ2) is 11.4. The van der Waals surface area contributed by atoms with Crippen molar-refractivity contribution in [3.05, 3.63) is 108 Å². The van der Waals surface area contributed by atoms with Crippen molar-refractivity contribution in [2.24, 2.45) is 10.7 Å². The van der Waals surface area contributed by atoms with Crippen molar-refractivity contribution in [2.45, 2.75) is 6.04 Å². The van der Waals surface area contributed by atoms with Gasteiger partial charge in [-0.15, -0.1) is 5.10 Å². The number of carbonyl (C=O) groups is 1. The highest BCUT2D eigenvalue weighted by atomic mass is 16.5. The third-order valence-corrected chi connectivity index (χ3v) is 6.76. The van der Waals surface area contributed by atoms with Crippen molar-refractivity contribution in [3.63, 3.8) is 0 Å². The molecule has 4 aromatic rings. The Labute approximate surface area is 236 Å². The number of aromatic nitrogens is 3. The van der Waals surface area contributed by atoms with Gasteiger partial charge >= 0.3 is 0 Å². The topological polar surface area (TPSA) is 144 Å². The van der Waals surface area contributed by atoms with Crippen LogP contribution in [-0.4, -0.2) is 64.9 Å². The minimum atomic E-state index is -0.986. The largest absolute Gasteiger partial charge is 0.407 e. The smallest absolute Gasteiger partial charge is 0.289 e. The molecule has 2 aliphatic rings. The lowest BCUT2D eigenvalue weighted by atomic mass is 9.96. The van der Waals surface area contributed by atoms with Crippen LogP contribution in [0.15, 0.2) is 96.3 Å². The fourth-order valence-electron chi connectivity index (χ4n) is 4.79. The summed E-state index contributed by atoms with van der Waals surface area (Å²) >= 11 is 0. The van der Waals surface area contributed by atoms with Crippen LogP contribution in [-0.2, 0) is 14.3 Å². The van der Waals surface area contributed by atoms with Gasteiger partial charge in [-0.25, -0.2) is 14.7 Å². The molecule has 1 fully saturated rings. The first-order valence-corrected chi connectivity index (χ1v) is 13.2. The molecule has 1 atom stereocenters. The molecule has 0 spiro atoms. The maximum Gasteiger partial charge on any atom is 0.289 e. The normalized spacial score (nSPS) is 17.2. The Balaban J connectivity index is 1.31. The van der Waals surface area contributed by atoms with Crippen molar-refractivity contribution >= 4 is 34.9 Å². The fourth-order valence-corrected chi connectivity index (χ4v) is 4.79. The number of carbonyl (C=O) groups excluding carboxylic acids is 1. The Morgan fingerprint density at radius 3 is 2.59 bits per heavy atom. The van der Waals surface area contributed by atoms with Gasteiger partial charge in [0.15, 0.2) is 17.7 Å². The molecule has 1 saturated heterocycles. The van der Waals surface area contributed by atoms with E-state index in [-0.39, 0.29) is 17.8 Å². The van der Waals surface area contributed by atoms with Gasteiger partial charge in [0.1, 0.15) is 0 Å².